The predicted octanol–water partition coefficient (Wildman–Crippen LogP) is 4.14. The van der Waals surface area contributed by atoms with Crippen LogP contribution in [0.15, 0.2) is 41.3 Å². The van der Waals surface area contributed by atoms with Crippen molar-refractivity contribution >= 4 is 40.0 Å². The summed E-state index contributed by atoms with van der Waals surface area (Å²) in [5.74, 6) is -2.02. The second-order valence-corrected chi connectivity index (χ2v) is 6.35. The third-order valence-corrected chi connectivity index (χ3v) is 5.05. The first-order valence-corrected chi connectivity index (χ1v) is 7.81. The quantitative estimate of drug-likeness (QED) is 0.904. The van der Waals surface area contributed by atoms with Gasteiger partial charge in [-0.15, -0.1) is 0 Å². The summed E-state index contributed by atoms with van der Waals surface area (Å²) in [6, 6.07) is 8.00. The highest BCUT2D eigenvalue weighted by atomic mass is 35.5. The molecule has 2 aromatic carbocycles. The summed E-state index contributed by atoms with van der Waals surface area (Å²) < 4.78 is 26.0. The van der Waals surface area contributed by atoms with Crippen LogP contribution in [0, 0.1) is 5.82 Å². The molecule has 3 nitrogen and oxygen atoms in total. The zero-order valence-electron chi connectivity index (χ0n) is 10.5. The van der Waals surface area contributed by atoms with Crippen LogP contribution in [0.3, 0.4) is 0 Å². The molecule has 0 aliphatic carbocycles. The Kier molecular flexibility index (Phi) is 4.98. The lowest BCUT2D eigenvalue weighted by atomic mass is 10.1. The average molecular weight is 347 g/mol. The molecule has 0 aliphatic rings. The van der Waals surface area contributed by atoms with E-state index in [1.165, 1.54) is 12.1 Å². The first-order chi connectivity index (χ1) is 9.90. The number of carboxylic acids is 1. The van der Waals surface area contributed by atoms with Gasteiger partial charge in [-0.2, -0.15) is 0 Å². The van der Waals surface area contributed by atoms with E-state index in [2.05, 4.69) is 0 Å². The van der Waals surface area contributed by atoms with E-state index >= 15 is 0 Å². The average Bonchev–Trinajstić information content (AvgIpc) is 2.40. The van der Waals surface area contributed by atoms with Crippen molar-refractivity contribution < 1.29 is 18.5 Å². The molecule has 0 spiro atoms. The first kappa shape index (κ1) is 15.9. The van der Waals surface area contributed by atoms with E-state index in [0.29, 0.717) is 0 Å². The Morgan fingerprint density at radius 3 is 2.38 bits per heavy atom. The fraction of sp³-hybridized carbons (Fsp3) is 0.0714. The number of benzene rings is 2. The molecule has 1 N–H and O–H groups in total. The van der Waals surface area contributed by atoms with E-state index < -0.39 is 22.6 Å². The van der Waals surface area contributed by atoms with Gasteiger partial charge in [0.15, 0.2) is 0 Å². The third kappa shape index (κ3) is 3.61. The lowest BCUT2D eigenvalue weighted by Crippen LogP contribution is -2.04. The summed E-state index contributed by atoms with van der Waals surface area (Å²) in [5.41, 5.74) is -0.0436. The van der Waals surface area contributed by atoms with Crippen LogP contribution in [0.2, 0.25) is 10.0 Å². The summed E-state index contributed by atoms with van der Waals surface area (Å²) in [7, 11) is -1.69. The van der Waals surface area contributed by atoms with E-state index in [1.807, 2.05) is 0 Å². The molecule has 0 heterocycles. The number of halogens is 3. The van der Waals surface area contributed by atoms with E-state index in [0.717, 1.165) is 18.2 Å². The highest BCUT2D eigenvalue weighted by Crippen LogP contribution is 2.29. The fourth-order valence-corrected chi connectivity index (χ4v) is 3.86. The summed E-state index contributed by atoms with van der Waals surface area (Å²) in [4.78, 5) is 11.1. The lowest BCUT2D eigenvalue weighted by molar-refractivity contribution is 0.0696. The molecule has 0 saturated heterocycles. The zero-order chi connectivity index (χ0) is 15.6. The van der Waals surface area contributed by atoms with Crippen molar-refractivity contribution in [1.29, 1.82) is 0 Å². The van der Waals surface area contributed by atoms with Crippen LogP contribution in [0.1, 0.15) is 15.9 Å². The molecule has 1 atom stereocenters. The third-order valence-electron chi connectivity index (χ3n) is 2.73. The van der Waals surface area contributed by atoms with Gasteiger partial charge in [0, 0.05) is 5.56 Å². The summed E-state index contributed by atoms with van der Waals surface area (Å²) >= 11 is 11.9. The van der Waals surface area contributed by atoms with Crippen LogP contribution in [-0.4, -0.2) is 15.3 Å². The molecule has 0 bridgehead atoms. The Morgan fingerprint density at radius 1 is 1.19 bits per heavy atom. The minimum Gasteiger partial charge on any atom is -0.478 e. The van der Waals surface area contributed by atoms with Gasteiger partial charge in [-0.3, -0.25) is 4.21 Å². The van der Waals surface area contributed by atoms with Crippen molar-refractivity contribution in [3.63, 3.8) is 0 Å². The summed E-state index contributed by atoms with van der Waals surface area (Å²) in [5, 5.41) is 9.34. The second-order valence-electron chi connectivity index (χ2n) is 4.15. The highest BCUT2D eigenvalue weighted by molar-refractivity contribution is 7.84. The first-order valence-electron chi connectivity index (χ1n) is 5.74. The lowest BCUT2D eigenvalue weighted by Gasteiger charge is -2.08. The van der Waals surface area contributed by atoms with Crippen LogP contribution in [-0.2, 0) is 16.6 Å². The van der Waals surface area contributed by atoms with Gasteiger partial charge in [-0.25, -0.2) is 9.18 Å². The van der Waals surface area contributed by atoms with Crippen molar-refractivity contribution in [2.45, 2.75) is 10.6 Å². The molecular weight excluding hydrogens is 338 g/mol. The Balaban J connectivity index is 2.36. The van der Waals surface area contributed by atoms with Crippen LogP contribution in [0.25, 0.3) is 0 Å². The van der Waals surface area contributed by atoms with Crippen molar-refractivity contribution in [2.75, 3.05) is 0 Å². The molecule has 2 rings (SSSR count). The van der Waals surface area contributed by atoms with E-state index in [9.17, 15) is 13.4 Å². The zero-order valence-corrected chi connectivity index (χ0v) is 12.8. The molecule has 0 saturated carbocycles. The molecule has 0 aromatic heterocycles. The molecule has 0 fully saturated rings. The van der Waals surface area contributed by atoms with Crippen LogP contribution in [0.4, 0.5) is 4.39 Å². The van der Waals surface area contributed by atoms with Gasteiger partial charge in [0.1, 0.15) is 5.82 Å². The van der Waals surface area contributed by atoms with Crippen molar-refractivity contribution in [3.05, 3.63) is 63.4 Å². The van der Waals surface area contributed by atoms with Crippen molar-refractivity contribution in [2.24, 2.45) is 0 Å². The van der Waals surface area contributed by atoms with Crippen molar-refractivity contribution in [1.82, 2.24) is 0 Å². The summed E-state index contributed by atoms with van der Waals surface area (Å²) in [6.07, 6.45) is 0. The number of aromatic carboxylic acids is 1. The molecule has 21 heavy (non-hydrogen) atoms. The minimum absolute atomic E-state index is 0.0317. The van der Waals surface area contributed by atoms with Gasteiger partial charge < -0.3 is 5.11 Å². The van der Waals surface area contributed by atoms with E-state index in [4.69, 9.17) is 28.3 Å². The monoisotopic (exact) mass is 346 g/mol. The van der Waals surface area contributed by atoms with Gasteiger partial charge in [-0.1, -0.05) is 29.3 Å². The maximum atomic E-state index is 13.7. The largest absolute Gasteiger partial charge is 0.478 e. The number of hydrogen-bond donors (Lipinski definition) is 1. The molecule has 0 amide bonds. The smallest absolute Gasteiger partial charge is 0.335 e. The topological polar surface area (TPSA) is 54.4 Å². The number of hydrogen-bond acceptors (Lipinski definition) is 2. The Hall–Kier alpha value is -1.43. The molecule has 0 aliphatic heterocycles. The molecule has 1 unspecified atom stereocenters. The maximum Gasteiger partial charge on any atom is 0.335 e. The fourth-order valence-electron chi connectivity index (χ4n) is 1.73. The normalized spacial score (nSPS) is 12.1. The van der Waals surface area contributed by atoms with Gasteiger partial charge in [0.05, 0.1) is 37.1 Å². The standard InChI is InChI=1S/C14H9Cl2FO3S/c15-10-2-1-3-11(16)13(10)21(20)7-9-6-8(14(18)19)4-5-12(9)17/h1-6H,7H2,(H,18,19). The van der Waals surface area contributed by atoms with Crippen LogP contribution < -0.4 is 0 Å². The molecule has 0 radical (unpaired) electrons. The highest BCUT2D eigenvalue weighted by Gasteiger charge is 2.16. The second kappa shape index (κ2) is 6.56. The predicted molar refractivity (Wildman–Crippen MR) is 79.9 cm³/mol. The minimum atomic E-state index is -1.69. The van der Waals surface area contributed by atoms with E-state index in [-0.39, 0.29) is 31.8 Å². The van der Waals surface area contributed by atoms with Crippen LogP contribution in [0.5, 0.6) is 0 Å². The number of carbonyl (C=O) groups is 1. The Bertz CT molecular complexity index is 714. The molecule has 2 aromatic rings. The van der Waals surface area contributed by atoms with Gasteiger partial charge in [0.2, 0.25) is 0 Å². The van der Waals surface area contributed by atoms with Gasteiger partial charge in [0.25, 0.3) is 0 Å². The number of carboxylic acid groups (broad SMARTS) is 1. The Morgan fingerprint density at radius 2 is 1.81 bits per heavy atom. The van der Waals surface area contributed by atoms with E-state index in [1.54, 1.807) is 6.07 Å². The molecular formula is C14H9Cl2FO3S. The molecule has 7 heteroatoms. The van der Waals surface area contributed by atoms with Crippen molar-refractivity contribution in [3.8, 4) is 0 Å². The number of rotatable bonds is 4. The van der Waals surface area contributed by atoms with Crippen LogP contribution >= 0.6 is 23.2 Å². The summed E-state index contributed by atoms with van der Waals surface area (Å²) in [6.45, 7) is 0. The van der Waals surface area contributed by atoms with Gasteiger partial charge in [-0.05, 0) is 30.3 Å². The maximum absolute atomic E-state index is 13.7. The van der Waals surface area contributed by atoms with Gasteiger partial charge >= 0.3 is 5.97 Å². The Labute approximate surface area is 132 Å². The SMILES string of the molecule is O=C(O)c1ccc(F)c(CS(=O)c2c(Cl)cccc2Cl)c1. The molecule has 110 valence electrons.